The van der Waals surface area contributed by atoms with E-state index in [1.165, 1.54) is 5.56 Å². The van der Waals surface area contributed by atoms with Crippen LogP contribution >= 0.6 is 12.4 Å². The largest absolute Gasteiger partial charge is 0.486 e. The van der Waals surface area contributed by atoms with Crippen molar-refractivity contribution < 1.29 is 19.1 Å². The van der Waals surface area contributed by atoms with E-state index in [1.807, 2.05) is 18.2 Å². The zero-order valence-electron chi connectivity index (χ0n) is 16.1. The zero-order valence-corrected chi connectivity index (χ0v) is 16.9. The third kappa shape index (κ3) is 4.81. The standard InChI is InChI=1S/C21H23N3O4.ClH/c1-13(20(25)24-16-6-7-18-19(11-16)28-9-8-27-18)23-21(26)17-10-14-4-2-3-5-15(14)12-22-17;/h2-7,11,13,17,22H,8-10,12H2,1H3,(H,23,26)(H,24,25);1H/t13-,17+;/m1./s1. The molecule has 3 N–H and O–H groups in total. The lowest BCUT2D eigenvalue weighted by atomic mass is 9.95. The highest BCUT2D eigenvalue weighted by Gasteiger charge is 2.26. The topological polar surface area (TPSA) is 88.7 Å². The van der Waals surface area contributed by atoms with Crippen molar-refractivity contribution in [2.45, 2.75) is 32.0 Å². The van der Waals surface area contributed by atoms with Gasteiger partial charge in [0.2, 0.25) is 11.8 Å². The predicted octanol–water partition coefficient (Wildman–Crippen LogP) is 2.04. The minimum Gasteiger partial charge on any atom is -0.486 e. The van der Waals surface area contributed by atoms with Crippen molar-refractivity contribution in [3.05, 3.63) is 53.6 Å². The van der Waals surface area contributed by atoms with E-state index < -0.39 is 6.04 Å². The number of ether oxygens (including phenoxy) is 2. The Bertz CT molecular complexity index is 905. The summed E-state index contributed by atoms with van der Waals surface area (Å²) in [5.41, 5.74) is 2.96. The normalized spacial score (nSPS) is 17.9. The molecule has 0 aliphatic carbocycles. The molecule has 2 aliphatic rings. The van der Waals surface area contributed by atoms with Crippen molar-refractivity contribution in [2.75, 3.05) is 18.5 Å². The summed E-state index contributed by atoms with van der Waals surface area (Å²) < 4.78 is 11.0. The summed E-state index contributed by atoms with van der Waals surface area (Å²) in [5.74, 6) is 0.792. The van der Waals surface area contributed by atoms with Gasteiger partial charge in [-0.25, -0.2) is 0 Å². The summed E-state index contributed by atoms with van der Waals surface area (Å²) in [6, 6.07) is 12.3. The lowest BCUT2D eigenvalue weighted by molar-refractivity contribution is -0.127. The molecular weight excluding hydrogens is 394 g/mol. The molecule has 0 unspecified atom stereocenters. The van der Waals surface area contributed by atoms with E-state index in [0.717, 1.165) is 5.56 Å². The van der Waals surface area contributed by atoms with Gasteiger partial charge in [-0.3, -0.25) is 9.59 Å². The predicted molar refractivity (Wildman–Crippen MR) is 112 cm³/mol. The molecule has 2 aromatic carbocycles. The van der Waals surface area contributed by atoms with E-state index in [1.54, 1.807) is 25.1 Å². The highest BCUT2D eigenvalue weighted by atomic mass is 35.5. The van der Waals surface area contributed by atoms with Crippen LogP contribution < -0.4 is 25.4 Å². The summed E-state index contributed by atoms with van der Waals surface area (Å²) in [7, 11) is 0. The third-order valence-electron chi connectivity index (χ3n) is 4.96. The van der Waals surface area contributed by atoms with Gasteiger partial charge in [0, 0.05) is 18.3 Å². The molecule has 0 aromatic heterocycles. The van der Waals surface area contributed by atoms with Crippen LogP contribution in [0, 0.1) is 0 Å². The lowest BCUT2D eigenvalue weighted by Gasteiger charge is -2.26. The second kappa shape index (κ2) is 9.15. The van der Waals surface area contributed by atoms with Crippen molar-refractivity contribution in [2.24, 2.45) is 0 Å². The summed E-state index contributed by atoms with van der Waals surface area (Å²) in [5, 5.41) is 8.83. The third-order valence-corrected chi connectivity index (χ3v) is 4.96. The van der Waals surface area contributed by atoms with Crippen LogP contribution in [0.1, 0.15) is 18.1 Å². The number of carbonyl (C=O) groups is 2. The van der Waals surface area contributed by atoms with Crippen molar-refractivity contribution in [1.82, 2.24) is 10.6 Å². The Balaban J connectivity index is 0.00000240. The fourth-order valence-electron chi connectivity index (χ4n) is 3.39. The van der Waals surface area contributed by atoms with E-state index in [9.17, 15) is 9.59 Å². The lowest BCUT2D eigenvalue weighted by Crippen LogP contribution is -2.52. The van der Waals surface area contributed by atoms with Crippen LogP contribution in [0.4, 0.5) is 5.69 Å². The first-order valence-corrected chi connectivity index (χ1v) is 9.41. The Morgan fingerprint density at radius 3 is 2.59 bits per heavy atom. The molecule has 0 spiro atoms. The van der Waals surface area contributed by atoms with E-state index in [2.05, 4.69) is 22.0 Å². The first kappa shape index (κ1) is 21.0. The Morgan fingerprint density at radius 2 is 1.79 bits per heavy atom. The molecule has 4 rings (SSSR count). The van der Waals surface area contributed by atoms with E-state index in [4.69, 9.17) is 9.47 Å². The van der Waals surface area contributed by atoms with Crippen LogP contribution in [0.5, 0.6) is 11.5 Å². The molecule has 2 heterocycles. The second-order valence-electron chi connectivity index (χ2n) is 6.98. The van der Waals surface area contributed by atoms with Gasteiger partial charge in [0.15, 0.2) is 11.5 Å². The van der Waals surface area contributed by atoms with Gasteiger partial charge in [-0.05, 0) is 36.6 Å². The van der Waals surface area contributed by atoms with Gasteiger partial charge in [-0.2, -0.15) is 0 Å². The fraction of sp³-hybridized carbons (Fsp3) is 0.333. The molecule has 0 saturated heterocycles. The van der Waals surface area contributed by atoms with E-state index in [0.29, 0.717) is 43.4 Å². The number of anilines is 1. The highest BCUT2D eigenvalue weighted by Crippen LogP contribution is 2.32. The maximum absolute atomic E-state index is 12.6. The molecule has 0 bridgehead atoms. The number of fused-ring (bicyclic) bond motifs is 2. The van der Waals surface area contributed by atoms with Crippen LogP contribution in [0.3, 0.4) is 0 Å². The molecule has 154 valence electrons. The Labute approximate surface area is 175 Å². The van der Waals surface area contributed by atoms with Gasteiger partial charge in [0.05, 0.1) is 6.04 Å². The van der Waals surface area contributed by atoms with Gasteiger partial charge in [0.1, 0.15) is 19.3 Å². The van der Waals surface area contributed by atoms with Gasteiger partial charge in [-0.1, -0.05) is 24.3 Å². The second-order valence-corrected chi connectivity index (χ2v) is 6.98. The van der Waals surface area contributed by atoms with Gasteiger partial charge in [0.25, 0.3) is 0 Å². The average Bonchev–Trinajstić information content (AvgIpc) is 2.73. The van der Waals surface area contributed by atoms with Crippen LogP contribution in [-0.4, -0.2) is 37.1 Å². The van der Waals surface area contributed by atoms with Crippen molar-refractivity contribution in [1.29, 1.82) is 0 Å². The molecule has 2 amide bonds. The number of halogens is 1. The van der Waals surface area contributed by atoms with Crippen LogP contribution in [0.25, 0.3) is 0 Å². The molecule has 2 atom stereocenters. The van der Waals surface area contributed by atoms with Gasteiger partial charge in [-0.15, -0.1) is 12.4 Å². The maximum atomic E-state index is 12.6. The zero-order chi connectivity index (χ0) is 19.5. The highest BCUT2D eigenvalue weighted by molar-refractivity contribution is 5.97. The number of hydrogen-bond acceptors (Lipinski definition) is 5. The first-order valence-electron chi connectivity index (χ1n) is 9.41. The van der Waals surface area contributed by atoms with Crippen LogP contribution in [0.2, 0.25) is 0 Å². The minimum absolute atomic E-state index is 0. The van der Waals surface area contributed by atoms with E-state index in [-0.39, 0.29) is 30.3 Å². The van der Waals surface area contributed by atoms with Crippen LogP contribution in [-0.2, 0) is 22.6 Å². The Kier molecular flexibility index (Phi) is 6.61. The average molecular weight is 418 g/mol. The molecule has 29 heavy (non-hydrogen) atoms. The number of amides is 2. The van der Waals surface area contributed by atoms with Crippen molar-refractivity contribution in [3.63, 3.8) is 0 Å². The Morgan fingerprint density at radius 1 is 1.07 bits per heavy atom. The number of nitrogens with one attached hydrogen (secondary N) is 3. The van der Waals surface area contributed by atoms with Gasteiger partial charge >= 0.3 is 0 Å². The SMILES string of the molecule is C[C@@H](NC(=O)[C@@H]1Cc2ccccc2CN1)C(=O)Nc1ccc2c(c1)OCCO2.Cl. The van der Waals surface area contributed by atoms with Crippen molar-refractivity contribution in [3.8, 4) is 11.5 Å². The Hall–Kier alpha value is -2.77. The number of carbonyl (C=O) groups excluding carboxylic acids is 2. The molecular formula is C21H24ClN3O4. The minimum atomic E-state index is -0.667. The molecule has 0 saturated carbocycles. The quantitative estimate of drug-likeness (QED) is 0.708. The molecule has 2 aromatic rings. The fourth-order valence-corrected chi connectivity index (χ4v) is 3.39. The summed E-state index contributed by atoms with van der Waals surface area (Å²) in [4.78, 5) is 25.1. The first-order chi connectivity index (χ1) is 13.6. The number of hydrogen-bond donors (Lipinski definition) is 3. The molecule has 0 fully saturated rings. The molecule has 7 nitrogen and oxygen atoms in total. The van der Waals surface area contributed by atoms with Crippen LogP contribution in [0.15, 0.2) is 42.5 Å². The number of benzene rings is 2. The molecule has 0 radical (unpaired) electrons. The summed E-state index contributed by atoms with van der Waals surface area (Å²) in [6.07, 6.45) is 0.610. The number of rotatable bonds is 4. The molecule has 2 aliphatic heterocycles. The molecule has 8 heteroatoms. The van der Waals surface area contributed by atoms with Gasteiger partial charge < -0.3 is 25.4 Å². The summed E-state index contributed by atoms with van der Waals surface area (Å²) in [6.45, 7) is 3.31. The summed E-state index contributed by atoms with van der Waals surface area (Å²) >= 11 is 0. The van der Waals surface area contributed by atoms with E-state index >= 15 is 0 Å². The maximum Gasteiger partial charge on any atom is 0.246 e. The smallest absolute Gasteiger partial charge is 0.246 e. The van der Waals surface area contributed by atoms with Crippen molar-refractivity contribution >= 4 is 29.9 Å². The monoisotopic (exact) mass is 417 g/mol.